The average molecular weight is 326 g/mol. The van der Waals surface area contributed by atoms with Gasteiger partial charge in [-0.25, -0.2) is 18.4 Å². The van der Waals surface area contributed by atoms with Crippen LogP contribution in [0.3, 0.4) is 0 Å². The molecule has 122 valence electrons. The average Bonchev–Trinajstić information content (AvgIpc) is 2.84. The van der Waals surface area contributed by atoms with Crippen molar-refractivity contribution in [3.63, 3.8) is 0 Å². The zero-order valence-electron chi connectivity index (χ0n) is 13.1. The standard InChI is InChI=1S/C14H22N4O3S/c1-10(2)6-17-14(19)12-7-16-13(8-15-12)18(3)11-4-5-22(20,21)9-11/h7-8,10-11H,4-6,9H2,1-3H3,(H,17,19). The Hall–Kier alpha value is -1.70. The molecule has 1 aromatic rings. The van der Waals surface area contributed by atoms with Crippen molar-refractivity contribution in [1.82, 2.24) is 15.3 Å². The van der Waals surface area contributed by atoms with E-state index in [0.717, 1.165) is 0 Å². The molecule has 2 heterocycles. The summed E-state index contributed by atoms with van der Waals surface area (Å²) in [6, 6.07) is -0.0834. The van der Waals surface area contributed by atoms with Gasteiger partial charge in [-0.05, 0) is 12.3 Å². The lowest BCUT2D eigenvalue weighted by Crippen LogP contribution is -2.33. The fourth-order valence-corrected chi connectivity index (χ4v) is 4.05. The molecule has 1 aliphatic rings. The van der Waals surface area contributed by atoms with Crippen LogP contribution in [0.1, 0.15) is 30.8 Å². The van der Waals surface area contributed by atoms with Gasteiger partial charge in [0.25, 0.3) is 5.91 Å². The maximum Gasteiger partial charge on any atom is 0.271 e. The first-order valence-corrected chi connectivity index (χ1v) is 9.14. The maximum atomic E-state index is 11.9. The number of nitrogens with one attached hydrogen (secondary N) is 1. The minimum Gasteiger partial charge on any atom is -0.354 e. The van der Waals surface area contributed by atoms with Crippen LogP contribution in [-0.2, 0) is 9.84 Å². The van der Waals surface area contributed by atoms with Gasteiger partial charge < -0.3 is 10.2 Å². The van der Waals surface area contributed by atoms with E-state index < -0.39 is 9.84 Å². The normalized spacial score (nSPS) is 20.1. The number of aromatic nitrogens is 2. The monoisotopic (exact) mass is 326 g/mol. The molecule has 2 rings (SSSR count). The van der Waals surface area contributed by atoms with Gasteiger partial charge in [-0.15, -0.1) is 0 Å². The number of carbonyl (C=O) groups excluding carboxylic acids is 1. The van der Waals surface area contributed by atoms with Crippen LogP contribution in [0.5, 0.6) is 0 Å². The fourth-order valence-electron chi connectivity index (χ4n) is 2.28. The van der Waals surface area contributed by atoms with Gasteiger partial charge in [0.15, 0.2) is 9.84 Å². The zero-order chi connectivity index (χ0) is 16.3. The minimum atomic E-state index is -2.94. The van der Waals surface area contributed by atoms with E-state index in [2.05, 4.69) is 15.3 Å². The highest BCUT2D eigenvalue weighted by Crippen LogP contribution is 2.20. The number of hydrogen-bond donors (Lipinski definition) is 1. The van der Waals surface area contributed by atoms with E-state index in [1.165, 1.54) is 12.4 Å². The lowest BCUT2D eigenvalue weighted by atomic mass is 10.2. The molecule has 1 N–H and O–H groups in total. The summed E-state index contributed by atoms with van der Waals surface area (Å²) in [5.41, 5.74) is 0.261. The third kappa shape index (κ3) is 4.16. The van der Waals surface area contributed by atoms with Gasteiger partial charge in [-0.3, -0.25) is 4.79 Å². The first-order chi connectivity index (χ1) is 10.3. The molecule has 22 heavy (non-hydrogen) atoms. The van der Waals surface area contributed by atoms with Gasteiger partial charge in [0, 0.05) is 19.6 Å². The number of amides is 1. The molecular weight excluding hydrogens is 304 g/mol. The number of sulfone groups is 1. The molecule has 0 saturated carbocycles. The van der Waals surface area contributed by atoms with E-state index in [4.69, 9.17) is 0 Å². The minimum absolute atomic E-state index is 0.0834. The lowest BCUT2D eigenvalue weighted by Gasteiger charge is -2.24. The van der Waals surface area contributed by atoms with Crippen LogP contribution < -0.4 is 10.2 Å². The van der Waals surface area contributed by atoms with Crippen LogP contribution in [-0.4, -0.2) is 55.4 Å². The maximum absolute atomic E-state index is 11.9. The summed E-state index contributed by atoms with van der Waals surface area (Å²) < 4.78 is 23.1. The van der Waals surface area contributed by atoms with Crippen molar-refractivity contribution in [3.05, 3.63) is 18.1 Å². The van der Waals surface area contributed by atoms with Gasteiger partial charge in [0.05, 0.1) is 23.9 Å². The molecule has 1 aliphatic heterocycles. The number of anilines is 1. The van der Waals surface area contributed by atoms with Crippen LogP contribution >= 0.6 is 0 Å². The Morgan fingerprint density at radius 3 is 2.64 bits per heavy atom. The van der Waals surface area contributed by atoms with Gasteiger partial charge in [0.1, 0.15) is 11.5 Å². The van der Waals surface area contributed by atoms with Gasteiger partial charge in [0.2, 0.25) is 0 Å². The van der Waals surface area contributed by atoms with Crippen LogP contribution in [0.4, 0.5) is 5.82 Å². The summed E-state index contributed by atoms with van der Waals surface area (Å²) in [6.45, 7) is 4.61. The van der Waals surface area contributed by atoms with E-state index in [1.807, 2.05) is 18.7 Å². The summed E-state index contributed by atoms with van der Waals surface area (Å²) in [6.07, 6.45) is 3.53. The molecule has 7 nitrogen and oxygen atoms in total. The van der Waals surface area contributed by atoms with E-state index in [0.29, 0.717) is 24.7 Å². The lowest BCUT2D eigenvalue weighted by molar-refractivity contribution is 0.0943. The quantitative estimate of drug-likeness (QED) is 0.846. The van der Waals surface area contributed by atoms with Gasteiger partial charge >= 0.3 is 0 Å². The summed E-state index contributed by atoms with van der Waals surface area (Å²) in [5.74, 6) is 1.04. The second kappa shape index (κ2) is 6.60. The summed E-state index contributed by atoms with van der Waals surface area (Å²) >= 11 is 0. The highest BCUT2D eigenvalue weighted by atomic mass is 32.2. The molecule has 1 saturated heterocycles. The van der Waals surface area contributed by atoms with E-state index >= 15 is 0 Å². The molecule has 0 bridgehead atoms. The van der Waals surface area contributed by atoms with Crippen molar-refractivity contribution >= 4 is 21.6 Å². The number of rotatable bonds is 5. The SMILES string of the molecule is CC(C)CNC(=O)c1cnc(N(C)C2CCS(=O)(=O)C2)cn1. The highest BCUT2D eigenvalue weighted by molar-refractivity contribution is 7.91. The fraction of sp³-hybridized carbons (Fsp3) is 0.643. The first kappa shape index (κ1) is 16.7. The Morgan fingerprint density at radius 2 is 2.14 bits per heavy atom. The summed E-state index contributed by atoms with van der Waals surface area (Å²) in [7, 11) is -1.14. The molecule has 1 fully saturated rings. The first-order valence-electron chi connectivity index (χ1n) is 7.32. The van der Waals surface area contributed by atoms with Crippen molar-refractivity contribution < 1.29 is 13.2 Å². The van der Waals surface area contributed by atoms with E-state index in [-0.39, 0.29) is 29.1 Å². The summed E-state index contributed by atoms with van der Waals surface area (Å²) in [4.78, 5) is 22.0. The van der Waals surface area contributed by atoms with Crippen LogP contribution in [0.25, 0.3) is 0 Å². The van der Waals surface area contributed by atoms with Crippen molar-refractivity contribution in [2.24, 2.45) is 5.92 Å². The van der Waals surface area contributed by atoms with E-state index in [1.54, 1.807) is 7.05 Å². The van der Waals surface area contributed by atoms with Crippen molar-refractivity contribution in [3.8, 4) is 0 Å². The Kier molecular flexibility index (Phi) is 5.00. The molecule has 1 amide bonds. The predicted molar refractivity (Wildman–Crippen MR) is 84.7 cm³/mol. The Balaban J connectivity index is 2.01. The van der Waals surface area contributed by atoms with Crippen LogP contribution in [0, 0.1) is 5.92 Å². The Morgan fingerprint density at radius 1 is 1.41 bits per heavy atom. The number of nitrogens with zero attached hydrogens (tertiary/aromatic N) is 3. The van der Waals surface area contributed by atoms with Crippen LogP contribution in [0.2, 0.25) is 0 Å². The molecule has 1 aromatic heterocycles. The Bertz CT molecular complexity index is 628. The second-order valence-corrected chi connectivity index (χ2v) is 8.26. The van der Waals surface area contributed by atoms with Gasteiger partial charge in [-0.2, -0.15) is 0 Å². The van der Waals surface area contributed by atoms with E-state index in [9.17, 15) is 13.2 Å². The van der Waals surface area contributed by atoms with Gasteiger partial charge in [-0.1, -0.05) is 13.8 Å². The van der Waals surface area contributed by atoms with Crippen molar-refractivity contribution in [2.75, 3.05) is 30.0 Å². The van der Waals surface area contributed by atoms with Crippen molar-refractivity contribution in [2.45, 2.75) is 26.3 Å². The molecule has 1 unspecified atom stereocenters. The topological polar surface area (TPSA) is 92.3 Å². The highest BCUT2D eigenvalue weighted by Gasteiger charge is 2.31. The predicted octanol–water partition coefficient (Wildman–Crippen LogP) is 0.486. The molecular formula is C14H22N4O3S. The second-order valence-electron chi connectivity index (χ2n) is 6.03. The zero-order valence-corrected chi connectivity index (χ0v) is 13.9. The number of hydrogen-bond acceptors (Lipinski definition) is 6. The molecule has 0 aliphatic carbocycles. The third-order valence-electron chi connectivity index (χ3n) is 3.66. The smallest absolute Gasteiger partial charge is 0.271 e. The van der Waals surface area contributed by atoms with Crippen molar-refractivity contribution in [1.29, 1.82) is 0 Å². The largest absolute Gasteiger partial charge is 0.354 e. The number of carbonyl (C=O) groups is 1. The molecule has 1 atom stereocenters. The Labute approximate surface area is 131 Å². The molecule has 0 radical (unpaired) electrons. The van der Waals surface area contributed by atoms with Crippen LogP contribution in [0.15, 0.2) is 12.4 Å². The molecule has 8 heteroatoms. The summed E-state index contributed by atoms with van der Waals surface area (Å²) in [5, 5.41) is 2.78. The molecule has 0 aromatic carbocycles. The third-order valence-corrected chi connectivity index (χ3v) is 5.41. The molecule has 0 spiro atoms.